The van der Waals surface area contributed by atoms with Gasteiger partial charge in [0.15, 0.2) is 0 Å². The number of aromatic nitrogens is 1. The quantitative estimate of drug-likeness (QED) is 0.621. The van der Waals surface area contributed by atoms with Gasteiger partial charge >= 0.3 is 0 Å². The van der Waals surface area contributed by atoms with Crippen molar-refractivity contribution in [3.8, 4) is 0 Å². The van der Waals surface area contributed by atoms with Crippen molar-refractivity contribution in [2.75, 3.05) is 0 Å². The van der Waals surface area contributed by atoms with E-state index in [1.165, 1.54) is 25.0 Å². The second-order valence-corrected chi connectivity index (χ2v) is 3.23. The number of hydrogen-bond donors (Lipinski definition) is 0. The zero-order valence-electron chi connectivity index (χ0n) is 8.01. The summed E-state index contributed by atoms with van der Waals surface area (Å²) in [7, 11) is 0. The molecule has 0 saturated heterocycles. The second kappa shape index (κ2) is 4.91. The van der Waals surface area contributed by atoms with Crippen LogP contribution in [0.15, 0.2) is 18.2 Å². The van der Waals surface area contributed by atoms with E-state index in [4.69, 9.17) is 0 Å². The van der Waals surface area contributed by atoms with E-state index in [9.17, 15) is 0 Å². The zero-order chi connectivity index (χ0) is 8.81. The normalized spacial score (nSPS) is 10.2. The summed E-state index contributed by atoms with van der Waals surface area (Å²) in [6.45, 7) is 4.27. The minimum atomic E-state index is 1.13. The minimum Gasteiger partial charge on any atom is -0.258 e. The van der Waals surface area contributed by atoms with E-state index in [0.29, 0.717) is 0 Å². The first-order chi connectivity index (χ1) is 5.83. The van der Waals surface area contributed by atoms with Gasteiger partial charge in [0.25, 0.3) is 0 Å². The maximum absolute atomic E-state index is 4.44. The summed E-state index contributed by atoms with van der Waals surface area (Å²) < 4.78 is 0. The Labute approximate surface area is 74.8 Å². The van der Waals surface area contributed by atoms with E-state index in [2.05, 4.69) is 24.0 Å². The molecule has 1 heterocycles. The number of aryl methyl sites for hydroxylation is 2. The molecule has 0 radical (unpaired) electrons. The fourth-order valence-corrected chi connectivity index (χ4v) is 1.29. The maximum atomic E-state index is 4.44. The predicted octanol–water partition coefficient (Wildman–Crippen LogP) is 3.12. The average molecular weight is 163 g/mol. The van der Waals surface area contributed by atoms with Gasteiger partial charge in [-0.05, 0) is 31.9 Å². The Hall–Kier alpha value is -0.850. The molecule has 66 valence electrons. The molecular formula is C11H17N. The number of pyridine rings is 1. The van der Waals surface area contributed by atoms with Gasteiger partial charge in [-0.15, -0.1) is 0 Å². The first kappa shape index (κ1) is 9.24. The molecule has 0 aromatic carbocycles. The van der Waals surface area contributed by atoms with Gasteiger partial charge in [-0.3, -0.25) is 4.98 Å². The monoisotopic (exact) mass is 163 g/mol. The molecule has 0 atom stereocenters. The van der Waals surface area contributed by atoms with Crippen LogP contribution in [0.1, 0.15) is 37.6 Å². The lowest BCUT2D eigenvalue weighted by Gasteiger charge is -2.00. The van der Waals surface area contributed by atoms with Crippen LogP contribution in [0.4, 0.5) is 0 Å². The van der Waals surface area contributed by atoms with Crippen LogP contribution in [0.2, 0.25) is 0 Å². The third-order valence-corrected chi connectivity index (χ3v) is 1.98. The van der Waals surface area contributed by atoms with Gasteiger partial charge in [-0.1, -0.05) is 25.8 Å². The summed E-state index contributed by atoms with van der Waals surface area (Å²) >= 11 is 0. The second-order valence-electron chi connectivity index (χ2n) is 3.23. The van der Waals surface area contributed by atoms with Gasteiger partial charge in [0.1, 0.15) is 0 Å². The van der Waals surface area contributed by atoms with Gasteiger partial charge in [0, 0.05) is 11.4 Å². The lowest BCUT2D eigenvalue weighted by molar-refractivity contribution is 0.706. The van der Waals surface area contributed by atoms with Crippen LogP contribution < -0.4 is 0 Å². The van der Waals surface area contributed by atoms with E-state index >= 15 is 0 Å². The van der Waals surface area contributed by atoms with Crippen LogP contribution in [0, 0.1) is 6.92 Å². The first-order valence-corrected chi connectivity index (χ1v) is 4.75. The molecule has 12 heavy (non-hydrogen) atoms. The molecule has 0 aliphatic carbocycles. The third kappa shape index (κ3) is 3.04. The highest BCUT2D eigenvalue weighted by Gasteiger charge is 1.93. The van der Waals surface area contributed by atoms with Crippen LogP contribution in [0.25, 0.3) is 0 Å². The highest BCUT2D eigenvalue weighted by Crippen LogP contribution is 2.04. The summed E-state index contributed by atoms with van der Waals surface area (Å²) in [5.74, 6) is 0. The number of unbranched alkanes of at least 4 members (excludes halogenated alkanes) is 2. The Morgan fingerprint density at radius 3 is 2.75 bits per heavy atom. The molecule has 1 aromatic rings. The Morgan fingerprint density at radius 2 is 2.08 bits per heavy atom. The molecule has 1 heteroatoms. The fraction of sp³-hybridized carbons (Fsp3) is 0.545. The smallest absolute Gasteiger partial charge is 0.0406 e. The maximum Gasteiger partial charge on any atom is 0.0406 e. The Morgan fingerprint density at radius 1 is 1.25 bits per heavy atom. The molecule has 0 unspecified atom stereocenters. The SMILES string of the molecule is CCCCCc1cccc(C)n1. The summed E-state index contributed by atoms with van der Waals surface area (Å²) in [6.07, 6.45) is 5.00. The molecule has 0 spiro atoms. The standard InChI is InChI=1S/C11H17N/c1-3-4-5-8-11-9-6-7-10(2)12-11/h6-7,9H,3-5,8H2,1-2H3. The van der Waals surface area contributed by atoms with Crippen LogP contribution in [0.5, 0.6) is 0 Å². The number of rotatable bonds is 4. The average Bonchev–Trinajstić information content (AvgIpc) is 2.05. The minimum absolute atomic E-state index is 1.13. The van der Waals surface area contributed by atoms with Crippen molar-refractivity contribution < 1.29 is 0 Å². The van der Waals surface area contributed by atoms with E-state index in [1.54, 1.807) is 0 Å². The van der Waals surface area contributed by atoms with Crippen molar-refractivity contribution >= 4 is 0 Å². The van der Waals surface area contributed by atoms with E-state index in [1.807, 2.05) is 13.0 Å². The van der Waals surface area contributed by atoms with Crippen molar-refractivity contribution in [3.05, 3.63) is 29.6 Å². The van der Waals surface area contributed by atoms with Crippen molar-refractivity contribution in [3.63, 3.8) is 0 Å². The Kier molecular flexibility index (Phi) is 3.78. The Balaban J connectivity index is 2.41. The summed E-state index contributed by atoms with van der Waals surface area (Å²) in [6, 6.07) is 6.25. The van der Waals surface area contributed by atoms with Gasteiger partial charge in [-0.25, -0.2) is 0 Å². The van der Waals surface area contributed by atoms with Crippen LogP contribution >= 0.6 is 0 Å². The molecular weight excluding hydrogens is 146 g/mol. The molecule has 1 nitrogen and oxygen atoms in total. The zero-order valence-corrected chi connectivity index (χ0v) is 8.01. The third-order valence-electron chi connectivity index (χ3n) is 1.98. The molecule has 0 aliphatic rings. The van der Waals surface area contributed by atoms with Gasteiger partial charge in [0.2, 0.25) is 0 Å². The van der Waals surface area contributed by atoms with Crippen LogP contribution in [-0.4, -0.2) is 4.98 Å². The Bertz CT molecular complexity index is 230. The fourth-order valence-electron chi connectivity index (χ4n) is 1.29. The van der Waals surface area contributed by atoms with Crippen molar-refractivity contribution in [1.29, 1.82) is 0 Å². The van der Waals surface area contributed by atoms with E-state index in [0.717, 1.165) is 12.1 Å². The van der Waals surface area contributed by atoms with Gasteiger partial charge in [-0.2, -0.15) is 0 Å². The number of nitrogens with zero attached hydrogens (tertiary/aromatic N) is 1. The lowest BCUT2D eigenvalue weighted by Crippen LogP contribution is -1.91. The molecule has 1 aromatic heterocycles. The van der Waals surface area contributed by atoms with Crippen molar-refractivity contribution in [2.45, 2.75) is 39.5 Å². The van der Waals surface area contributed by atoms with E-state index in [-0.39, 0.29) is 0 Å². The molecule has 0 fully saturated rings. The lowest BCUT2D eigenvalue weighted by atomic mass is 10.1. The predicted molar refractivity (Wildman–Crippen MR) is 52.2 cm³/mol. The van der Waals surface area contributed by atoms with Gasteiger partial charge < -0.3 is 0 Å². The van der Waals surface area contributed by atoms with Crippen molar-refractivity contribution in [2.24, 2.45) is 0 Å². The van der Waals surface area contributed by atoms with Crippen LogP contribution in [0.3, 0.4) is 0 Å². The van der Waals surface area contributed by atoms with E-state index < -0.39 is 0 Å². The first-order valence-electron chi connectivity index (χ1n) is 4.75. The molecule has 0 N–H and O–H groups in total. The molecule has 0 bridgehead atoms. The molecule has 1 rings (SSSR count). The summed E-state index contributed by atoms with van der Waals surface area (Å²) in [5.41, 5.74) is 2.37. The highest BCUT2D eigenvalue weighted by molar-refractivity contribution is 5.09. The summed E-state index contributed by atoms with van der Waals surface area (Å²) in [4.78, 5) is 4.44. The molecule has 0 saturated carbocycles. The summed E-state index contributed by atoms with van der Waals surface area (Å²) in [5, 5.41) is 0. The van der Waals surface area contributed by atoms with Gasteiger partial charge in [0.05, 0.1) is 0 Å². The van der Waals surface area contributed by atoms with Crippen molar-refractivity contribution in [1.82, 2.24) is 4.98 Å². The highest BCUT2D eigenvalue weighted by atomic mass is 14.7. The molecule has 0 amide bonds. The molecule has 0 aliphatic heterocycles. The topological polar surface area (TPSA) is 12.9 Å². The largest absolute Gasteiger partial charge is 0.258 e. The van der Waals surface area contributed by atoms with Crippen LogP contribution in [-0.2, 0) is 6.42 Å². The number of hydrogen-bond acceptors (Lipinski definition) is 1.